The predicted molar refractivity (Wildman–Crippen MR) is 83.4 cm³/mol. The topological polar surface area (TPSA) is 62.6 Å². The molecule has 0 atom stereocenters. The van der Waals surface area contributed by atoms with Crippen LogP contribution in [0.5, 0.6) is 0 Å². The Morgan fingerprint density at radius 2 is 1.74 bits per heavy atom. The van der Waals surface area contributed by atoms with Gasteiger partial charge in [-0.25, -0.2) is 0 Å². The number of quaternary nitrogens is 2. The number of carbonyl (C=O) groups is 2. The largest absolute Gasteiger partial charge is 0.459 e. The minimum absolute atomic E-state index is 0.0882. The van der Waals surface area contributed by atoms with E-state index in [1.165, 1.54) is 11.2 Å². The number of amides is 2. The van der Waals surface area contributed by atoms with E-state index in [0.29, 0.717) is 38.5 Å². The number of hydrogen-bond donors (Lipinski definition) is 2. The van der Waals surface area contributed by atoms with Gasteiger partial charge in [-0.05, 0) is 12.1 Å². The summed E-state index contributed by atoms with van der Waals surface area (Å²) in [7, 11) is 2.20. The number of furan rings is 1. The first kappa shape index (κ1) is 16.0. The predicted octanol–water partition coefficient (Wildman–Crippen LogP) is -3.02. The molecule has 0 aromatic carbocycles. The average molecular weight is 322 g/mol. The van der Waals surface area contributed by atoms with Crippen molar-refractivity contribution in [3.8, 4) is 0 Å². The third-order valence-corrected chi connectivity index (χ3v) is 4.86. The summed E-state index contributed by atoms with van der Waals surface area (Å²) in [5, 5.41) is 0. The second kappa shape index (κ2) is 7.14. The first-order valence-corrected chi connectivity index (χ1v) is 8.39. The number of nitrogens with zero attached hydrogens (tertiary/aromatic N) is 2. The highest BCUT2D eigenvalue weighted by atomic mass is 16.3. The Balaban J connectivity index is 1.45. The third kappa shape index (κ3) is 3.92. The molecule has 2 aliphatic rings. The molecule has 3 rings (SSSR count). The van der Waals surface area contributed by atoms with E-state index in [0.717, 1.165) is 26.2 Å². The lowest BCUT2D eigenvalue weighted by Gasteiger charge is -2.35. The summed E-state index contributed by atoms with van der Waals surface area (Å²) in [6.07, 6.45) is 1.51. The van der Waals surface area contributed by atoms with Crippen LogP contribution >= 0.6 is 0 Å². The van der Waals surface area contributed by atoms with Crippen molar-refractivity contribution in [2.75, 3.05) is 66.0 Å². The minimum atomic E-state index is -0.0882. The SMILES string of the molecule is C[NH+]1CC[NH+](CC(=O)N2CCN(C(=O)c3ccco3)CC2)CC1. The molecule has 2 aliphatic heterocycles. The summed E-state index contributed by atoms with van der Waals surface area (Å²) in [6.45, 7) is 7.36. The van der Waals surface area contributed by atoms with E-state index in [1.807, 2.05) is 4.90 Å². The van der Waals surface area contributed by atoms with Crippen LogP contribution in [-0.4, -0.2) is 87.6 Å². The van der Waals surface area contributed by atoms with Crippen molar-refractivity contribution in [2.45, 2.75) is 0 Å². The summed E-state index contributed by atoms with van der Waals surface area (Å²) in [4.78, 5) is 31.2. The van der Waals surface area contributed by atoms with Gasteiger partial charge in [-0.2, -0.15) is 0 Å². The molecule has 2 amide bonds. The van der Waals surface area contributed by atoms with Crippen molar-refractivity contribution in [3.05, 3.63) is 24.2 Å². The highest BCUT2D eigenvalue weighted by molar-refractivity contribution is 5.91. The molecule has 1 aromatic heterocycles. The van der Waals surface area contributed by atoms with Crippen LogP contribution in [0.4, 0.5) is 0 Å². The van der Waals surface area contributed by atoms with Gasteiger partial charge in [0.05, 0.1) is 13.3 Å². The van der Waals surface area contributed by atoms with Gasteiger partial charge < -0.3 is 24.0 Å². The highest BCUT2D eigenvalue weighted by Crippen LogP contribution is 2.09. The molecule has 0 radical (unpaired) electrons. The lowest BCUT2D eigenvalue weighted by molar-refractivity contribution is -1.000. The van der Waals surface area contributed by atoms with E-state index in [1.54, 1.807) is 21.9 Å². The lowest BCUT2D eigenvalue weighted by atomic mass is 10.2. The van der Waals surface area contributed by atoms with Gasteiger partial charge in [0, 0.05) is 26.2 Å². The van der Waals surface area contributed by atoms with Crippen LogP contribution in [-0.2, 0) is 4.79 Å². The Morgan fingerprint density at radius 1 is 1.09 bits per heavy atom. The fourth-order valence-electron chi connectivity index (χ4n) is 3.25. The van der Waals surface area contributed by atoms with Gasteiger partial charge in [-0.15, -0.1) is 0 Å². The van der Waals surface area contributed by atoms with E-state index in [9.17, 15) is 9.59 Å². The minimum Gasteiger partial charge on any atom is -0.459 e. The fourth-order valence-corrected chi connectivity index (χ4v) is 3.25. The standard InChI is InChI=1S/C16H24N4O3/c1-17-4-6-18(7-5-17)13-15(21)19-8-10-20(11-9-19)16(22)14-3-2-12-23-14/h2-3,12H,4-11,13H2,1H3/p+2. The van der Waals surface area contributed by atoms with Gasteiger partial charge >= 0.3 is 0 Å². The molecule has 7 heteroatoms. The molecule has 2 fully saturated rings. The number of likely N-dealkylation sites (N-methyl/N-ethyl adjacent to an activating group) is 1. The molecular weight excluding hydrogens is 296 g/mol. The fraction of sp³-hybridized carbons (Fsp3) is 0.625. The molecule has 2 saturated heterocycles. The summed E-state index contributed by atoms with van der Waals surface area (Å²) in [5.41, 5.74) is 0. The first-order valence-electron chi connectivity index (χ1n) is 8.39. The molecule has 126 valence electrons. The summed E-state index contributed by atoms with van der Waals surface area (Å²) >= 11 is 0. The lowest BCUT2D eigenvalue weighted by Crippen LogP contribution is -3.27. The Morgan fingerprint density at radius 3 is 2.35 bits per heavy atom. The molecule has 7 nitrogen and oxygen atoms in total. The van der Waals surface area contributed by atoms with Gasteiger partial charge in [0.1, 0.15) is 26.2 Å². The van der Waals surface area contributed by atoms with Gasteiger partial charge in [0.25, 0.3) is 11.8 Å². The van der Waals surface area contributed by atoms with Crippen LogP contribution in [0.15, 0.2) is 22.8 Å². The molecule has 1 aromatic rings. The Labute approximate surface area is 136 Å². The molecular formula is C16H26N4O3+2. The monoisotopic (exact) mass is 322 g/mol. The van der Waals surface area contributed by atoms with Crippen LogP contribution in [0.3, 0.4) is 0 Å². The molecule has 23 heavy (non-hydrogen) atoms. The summed E-state index contributed by atoms with van der Waals surface area (Å²) < 4.78 is 5.15. The Bertz CT molecular complexity index is 530. The van der Waals surface area contributed by atoms with Crippen molar-refractivity contribution in [1.29, 1.82) is 0 Å². The van der Waals surface area contributed by atoms with Crippen LogP contribution in [0.25, 0.3) is 0 Å². The maximum atomic E-state index is 12.4. The van der Waals surface area contributed by atoms with Crippen molar-refractivity contribution in [1.82, 2.24) is 9.80 Å². The Kier molecular flexibility index (Phi) is 4.97. The quantitative estimate of drug-likeness (QED) is 0.623. The third-order valence-electron chi connectivity index (χ3n) is 4.86. The van der Waals surface area contributed by atoms with E-state index in [-0.39, 0.29) is 11.8 Å². The van der Waals surface area contributed by atoms with Crippen molar-refractivity contribution < 1.29 is 23.8 Å². The van der Waals surface area contributed by atoms with Crippen LogP contribution in [0, 0.1) is 0 Å². The van der Waals surface area contributed by atoms with E-state index in [2.05, 4.69) is 7.05 Å². The second-order valence-corrected chi connectivity index (χ2v) is 6.53. The van der Waals surface area contributed by atoms with Gasteiger partial charge in [0.2, 0.25) is 0 Å². The maximum absolute atomic E-state index is 12.4. The number of nitrogens with one attached hydrogen (secondary N) is 2. The molecule has 0 bridgehead atoms. The number of rotatable bonds is 3. The molecule has 0 unspecified atom stereocenters. The highest BCUT2D eigenvalue weighted by Gasteiger charge is 2.29. The van der Waals surface area contributed by atoms with Crippen LogP contribution < -0.4 is 9.80 Å². The molecule has 3 heterocycles. The van der Waals surface area contributed by atoms with E-state index >= 15 is 0 Å². The number of hydrogen-bond acceptors (Lipinski definition) is 3. The summed E-state index contributed by atoms with van der Waals surface area (Å²) in [6, 6.07) is 3.39. The zero-order valence-corrected chi connectivity index (χ0v) is 13.7. The number of piperazine rings is 2. The Hall–Kier alpha value is -1.86. The molecule has 0 aliphatic carbocycles. The van der Waals surface area contributed by atoms with Crippen LogP contribution in [0.2, 0.25) is 0 Å². The van der Waals surface area contributed by atoms with Crippen molar-refractivity contribution in [2.24, 2.45) is 0 Å². The average Bonchev–Trinajstić information content (AvgIpc) is 3.11. The maximum Gasteiger partial charge on any atom is 0.289 e. The second-order valence-electron chi connectivity index (χ2n) is 6.53. The zero-order chi connectivity index (χ0) is 16.2. The summed E-state index contributed by atoms with van der Waals surface area (Å²) in [5.74, 6) is 0.494. The van der Waals surface area contributed by atoms with Crippen LogP contribution in [0.1, 0.15) is 10.6 Å². The zero-order valence-electron chi connectivity index (χ0n) is 13.7. The molecule has 0 saturated carbocycles. The van der Waals surface area contributed by atoms with E-state index < -0.39 is 0 Å². The van der Waals surface area contributed by atoms with Gasteiger partial charge in [-0.1, -0.05) is 0 Å². The van der Waals surface area contributed by atoms with Gasteiger partial charge in [0.15, 0.2) is 12.3 Å². The van der Waals surface area contributed by atoms with Crippen molar-refractivity contribution in [3.63, 3.8) is 0 Å². The normalized spacial score (nSPS) is 25.4. The number of carbonyl (C=O) groups excluding carboxylic acids is 2. The first-order chi connectivity index (χ1) is 11.1. The molecule has 0 spiro atoms. The van der Waals surface area contributed by atoms with E-state index in [4.69, 9.17) is 4.42 Å². The molecule has 2 N–H and O–H groups in total. The van der Waals surface area contributed by atoms with Crippen molar-refractivity contribution >= 4 is 11.8 Å². The smallest absolute Gasteiger partial charge is 0.289 e. The van der Waals surface area contributed by atoms with Gasteiger partial charge in [-0.3, -0.25) is 9.59 Å².